The maximum atomic E-state index is 5.06. The van der Waals surface area contributed by atoms with E-state index in [0.29, 0.717) is 5.11 Å². The molecule has 1 heterocycles. The maximum absolute atomic E-state index is 5.06. The number of para-hydroxylation sites is 1. The fourth-order valence-electron chi connectivity index (χ4n) is 2.02. The zero-order valence-electron chi connectivity index (χ0n) is 12.4. The van der Waals surface area contributed by atoms with Gasteiger partial charge in [-0.1, -0.05) is 18.2 Å². The Morgan fingerprint density at radius 2 is 2.05 bits per heavy atom. The predicted molar refractivity (Wildman–Crippen MR) is 90.0 cm³/mol. The number of aryl methyl sites for hydroxylation is 1. The molecule has 2 N–H and O–H groups in total. The normalized spacial score (nSPS) is 10.8. The Morgan fingerprint density at radius 1 is 1.33 bits per heavy atom. The van der Waals surface area contributed by atoms with Gasteiger partial charge in [0, 0.05) is 12.1 Å². The van der Waals surface area contributed by atoms with Gasteiger partial charge in [0.2, 0.25) is 0 Å². The van der Waals surface area contributed by atoms with Crippen LogP contribution in [0.3, 0.4) is 0 Å². The first-order valence-electron chi connectivity index (χ1n) is 6.82. The van der Waals surface area contributed by atoms with E-state index in [9.17, 15) is 0 Å². The molecule has 6 heteroatoms. The summed E-state index contributed by atoms with van der Waals surface area (Å²) < 4.78 is 1.92. The summed E-state index contributed by atoms with van der Waals surface area (Å²) in [5.41, 5.74) is 6.78. The van der Waals surface area contributed by atoms with E-state index in [1.54, 1.807) is 6.21 Å². The van der Waals surface area contributed by atoms with Crippen LogP contribution in [0.15, 0.2) is 35.4 Å². The monoisotopic (exact) mass is 301 g/mol. The molecule has 0 aliphatic carbocycles. The second kappa shape index (κ2) is 6.99. The van der Waals surface area contributed by atoms with Gasteiger partial charge in [0.1, 0.15) is 0 Å². The highest BCUT2D eigenvalue weighted by Crippen LogP contribution is 2.15. The van der Waals surface area contributed by atoms with Crippen LogP contribution in [0.4, 0.5) is 0 Å². The van der Waals surface area contributed by atoms with Crippen molar-refractivity contribution in [1.29, 1.82) is 0 Å². The third kappa shape index (κ3) is 3.66. The van der Waals surface area contributed by atoms with Gasteiger partial charge in [-0.3, -0.25) is 5.43 Å². The molecule has 0 saturated heterocycles. The molecule has 0 spiro atoms. The molecule has 1 aromatic carbocycles. The number of thiocarbonyl (C=S) groups is 1. The van der Waals surface area contributed by atoms with Crippen molar-refractivity contribution in [3.8, 4) is 5.69 Å². The fraction of sp³-hybridized carbons (Fsp3) is 0.267. The summed E-state index contributed by atoms with van der Waals surface area (Å²) in [6.45, 7) is 6.74. The van der Waals surface area contributed by atoms with Crippen LogP contribution in [-0.4, -0.2) is 27.7 Å². The maximum Gasteiger partial charge on any atom is 0.186 e. The molecule has 0 aliphatic rings. The minimum Gasteiger partial charge on any atom is -0.362 e. The Kier molecular flexibility index (Phi) is 5.05. The first-order valence-corrected chi connectivity index (χ1v) is 7.23. The van der Waals surface area contributed by atoms with E-state index in [1.807, 2.05) is 55.8 Å². The van der Waals surface area contributed by atoms with E-state index in [2.05, 4.69) is 20.9 Å². The molecule has 0 amide bonds. The van der Waals surface area contributed by atoms with Gasteiger partial charge in [-0.2, -0.15) is 10.2 Å². The molecule has 0 aliphatic heterocycles. The molecule has 0 saturated carbocycles. The van der Waals surface area contributed by atoms with Crippen molar-refractivity contribution in [3.63, 3.8) is 0 Å². The van der Waals surface area contributed by atoms with E-state index >= 15 is 0 Å². The van der Waals surface area contributed by atoms with Gasteiger partial charge in [-0.05, 0) is 45.1 Å². The molecule has 0 atom stereocenters. The van der Waals surface area contributed by atoms with Gasteiger partial charge in [-0.15, -0.1) is 0 Å². The Bertz CT molecular complexity index is 646. The largest absolute Gasteiger partial charge is 0.362 e. The minimum absolute atomic E-state index is 0.513. The molecule has 2 aromatic rings. The lowest BCUT2D eigenvalue weighted by Crippen LogP contribution is -2.31. The van der Waals surface area contributed by atoms with Gasteiger partial charge in [0.15, 0.2) is 5.11 Å². The van der Waals surface area contributed by atoms with Crippen LogP contribution in [0.5, 0.6) is 0 Å². The molecule has 21 heavy (non-hydrogen) atoms. The molecular weight excluding hydrogens is 282 g/mol. The number of aromatic nitrogens is 2. The number of rotatable bonds is 4. The molecule has 0 fully saturated rings. The molecule has 110 valence electrons. The second-order valence-electron chi connectivity index (χ2n) is 4.56. The highest BCUT2D eigenvalue weighted by atomic mass is 32.1. The van der Waals surface area contributed by atoms with Crippen LogP contribution < -0.4 is 10.7 Å². The summed E-state index contributed by atoms with van der Waals surface area (Å²) in [5.74, 6) is 0. The lowest BCUT2D eigenvalue weighted by atomic mass is 10.2. The first-order chi connectivity index (χ1) is 10.1. The zero-order valence-corrected chi connectivity index (χ0v) is 13.2. The quantitative estimate of drug-likeness (QED) is 0.517. The van der Waals surface area contributed by atoms with E-state index in [4.69, 9.17) is 12.2 Å². The van der Waals surface area contributed by atoms with Gasteiger partial charge < -0.3 is 5.32 Å². The van der Waals surface area contributed by atoms with Crippen molar-refractivity contribution in [3.05, 3.63) is 47.3 Å². The SMILES string of the molecule is CCNC(=S)N/N=C/c1c(C)nn(-c2ccccc2)c1C. The van der Waals surface area contributed by atoms with Crippen LogP contribution in [-0.2, 0) is 0 Å². The molecule has 0 radical (unpaired) electrons. The topological polar surface area (TPSA) is 54.2 Å². The Labute approximate surface area is 130 Å². The van der Waals surface area contributed by atoms with E-state index in [1.165, 1.54) is 0 Å². The lowest BCUT2D eigenvalue weighted by Gasteiger charge is -2.04. The van der Waals surface area contributed by atoms with Crippen molar-refractivity contribution in [2.45, 2.75) is 20.8 Å². The Hall–Kier alpha value is -2.21. The summed E-state index contributed by atoms with van der Waals surface area (Å²) in [4.78, 5) is 0. The van der Waals surface area contributed by atoms with Gasteiger partial charge in [0.05, 0.1) is 23.3 Å². The minimum atomic E-state index is 0.513. The molecular formula is C15H19N5S. The summed E-state index contributed by atoms with van der Waals surface area (Å²) in [5, 5.41) is 12.2. The number of nitrogens with one attached hydrogen (secondary N) is 2. The lowest BCUT2D eigenvalue weighted by molar-refractivity contribution is 0.833. The highest BCUT2D eigenvalue weighted by molar-refractivity contribution is 7.80. The summed E-state index contributed by atoms with van der Waals surface area (Å²) in [7, 11) is 0. The average Bonchev–Trinajstić information content (AvgIpc) is 2.76. The van der Waals surface area contributed by atoms with Gasteiger partial charge in [-0.25, -0.2) is 4.68 Å². The molecule has 2 rings (SSSR count). The second-order valence-corrected chi connectivity index (χ2v) is 4.97. The van der Waals surface area contributed by atoms with Crippen molar-refractivity contribution in [2.75, 3.05) is 6.54 Å². The van der Waals surface area contributed by atoms with Crippen molar-refractivity contribution < 1.29 is 0 Å². The predicted octanol–water partition coefficient (Wildman–Crippen LogP) is 2.31. The highest BCUT2D eigenvalue weighted by Gasteiger charge is 2.10. The van der Waals surface area contributed by atoms with Crippen molar-refractivity contribution in [1.82, 2.24) is 20.5 Å². The van der Waals surface area contributed by atoms with Gasteiger partial charge in [0.25, 0.3) is 0 Å². The standard InChI is InChI=1S/C15H19N5S/c1-4-16-15(21)18-17-10-14-11(2)19-20(12(14)3)13-8-6-5-7-9-13/h5-10H,4H2,1-3H3,(H2,16,18,21)/b17-10+. The third-order valence-corrected chi connectivity index (χ3v) is 3.28. The number of hydrazone groups is 1. The van der Waals surface area contributed by atoms with Crippen LogP contribution in [0, 0.1) is 13.8 Å². The van der Waals surface area contributed by atoms with Crippen LogP contribution in [0.2, 0.25) is 0 Å². The molecule has 1 aromatic heterocycles. The van der Waals surface area contributed by atoms with Crippen LogP contribution >= 0.6 is 12.2 Å². The smallest absolute Gasteiger partial charge is 0.186 e. The Balaban J connectivity index is 2.20. The number of hydrogen-bond donors (Lipinski definition) is 2. The average molecular weight is 301 g/mol. The third-order valence-electron chi connectivity index (χ3n) is 3.05. The van der Waals surface area contributed by atoms with E-state index in [0.717, 1.165) is 29.2 Å². The number of benzene rings is 1. The summed E-state index contributed by atoms with van der Waals surface area (Å²) in [6.07, 6.45) is 1.75. The Morgan fingerprint density at radius 3 is 2.71 bits per heavy atom. The first kappa shape index (κ1) is 15.2. The molecule has 0 unspecified atom stereocenters. The number of hydrogen-bond acceptors (Lipinski definition) is 3. The van der Waals surface area contributed by atoms with Crippen molar-refractivity contribution in [2.24, 2.45) is 5.10 Å². The number of nitrogens with zero attached hydrogens (tertiary/aromatic N) is 3. The van der Waals surface area contributed by atoms with E-state index < -0.39 is 0 Å². The summed E-state index contributed by atoms with van der Waals surface area (Å²) in [6, 6.07) is 10.0. The van der Waals surface area contributed by atoms with Gasteiger partial charge >= 0.3 is 0 Å². The van der Waals surface area contributed by atoms with Crippen LogP contribution in [0.25, 0.3) is 5.69 Å². The molecule has 0 bridgehead atoms. The zero-order chi connectivity index (χ0) is 15.2. The summed E-state index contributed by atoms with van der Waals surface area (Å²) >= 11 is 5.06. The van der Waals surface area contributed by atoms with Crippen molar-refractivity contribution >= 4 is 23.5 Å². The fourth-order valence-corrected chi connectivity index (χ4v) is 2.21. The molecule has 5 nitrogen and oxygen atoms in total. The van der Waals surface area contributed by atoms with E-state index in [-0.39, 0.29) is 0 Å². The van der Waals surface area contributed by atoms with Crippen LogP contribution in [0.1, 0.15) is 23.9 Å².